The molecule has 0 saturated carbocycles. The molecule has 158 valence electrons. The van der Waals surface area contributed by atoms with Crippen LogP contribution in [0, 0.1) is 19.8 Å². The normalized spacial score (nSPS) is 17.1. The number of ketones is 1. The third kappa shape index (κ3) is 4.85. The van der Waals surface area contributed by atoms with E-state index in [1.54, 1.807) is 29.2 Å². The lowest BCUT2D eigenvalue weighted by Gasteiger charge is -2.22. The number of halogens is 2. The maximum Gasteiger partial charge on any atom is 0.312 e. The van der Waals surface area contributed by atoms with E-state index in [0.29, 0.717) is 10.6 Å². The molecule has 3 rings (SSSR count). The predicted molar refractivity (Wildman–Crippen MR) is 117 cm³/mol. The third-order valence-electron chi connectivity index (χ3n) is 5.22. The second kappa shape index (κ2) is 9.63. The van der Waals surface area contributed by atoms with E-state index < -0.39 is 18.0 Å². The molecular weight excluding hydrogens is 425 g/mol. The SMILES string of the molecule is Cc1cccc(C)c1N1C[C@H](C(=O)O[C@H](CCCl)C(=O)c2ccc(Cl)cc2)CC1=O. The number of nitrogens with zero attached hydrogens (tertiary/aromatic N) is 1. The Hall–Kier alpha value is -2.37. The first-order valence-electron chi connectivity index (χ1n) is 9.74. The zero-order valence-corrected chi connectivity index (χ0v) is 18.4. The van der Waals surface area contributed by atoms with Crippen molar-refractivity contribution in [2.45, 2.75) is 32.8 Å². The molecule has 2 aromatic rings. The van der Waals surface area contributed by atoms with Crippen LogP contribution in [0.5, 0.6) is 0 Å². The Balaban J connectivity index is 1.73. The number of benzene rings is 2. The molecule has 0 unspecified atom stereocenters. The Morgan fingerprint density at radius 2 is 1.77 bits per heavy atom. The number of hydrogen-bond acceptors (Lipinski definition) is 4. The summed E-state index contributed by atoms with van der Waals surface area (Å²) in [6.07, 6.45) is -0.758. The molecule has 1 fully saturated rings. The van der Waals surface area contributed by atoms with Crippen LogP contribution in [-0.4, -0.2) is 36.2 Å². The van der Waals surface area contributed by atoms with Gasteiger partial charge in [0.05, 0.1) is 5.92 Å². The number of esters is 1. The van der Waals surface area contributed by atoms with Crippen LogP contribution in [0.25, 0.3) is 0 Å². The molecule has 1 amide bonds. The highest BCUT2D eigenvalue weighted by Gasteiger charge is 2.38. The summed E-state index contributed by atoms with van der Waals surface area (Å²) < 4.78 is 5.53. The van der Waals surface area contributed by atoms with Crippen molar-refractivity contribution in [1.82, 2.24) is 0 Å². The number of alkyl halides is 1. The summed E-state index contributed by atoms with van der Waals surface area (Å²) in [5, 5.41) is 0.508. The van der Waals surface area contributed by atoms with Crippen molar-refractivity contribution in [2.75, 3.05) is 17.3 Å². The summed E-state index contributed by atoms with van der Waals surface area (Å²) >= 11 is 11.7. The maximum absolute atomic E-state index is 12.8. The summed E-state index contributed by atoms with van der Waals surface area (Å²) in [4.78, 5) is 39.8. The van der Waals surface area contributed by atoms with E-state index in [9.17, 15) is 14.4 Å². The topological polar surface area (TPSA) is 63.7 Å². The molecule has 30 heavy (non-hydrogen) atoms. The van der Waals surface area contributed by atoms with E-state index in [0.717, 1.165) is 16.8 Å². The molecule has 1 aliphatic rings. The largest absolute Gasteiger partial charge is 0.454 e. The highest BCUT2D eigenvalue weighted by molar-refractivity contribution is 6.30. The molecule has 1 saturated heterocycles. The number of ether oxygens (including phenoxy) is 1. The van der Waals surface area contributed by atoms with Crippen LogP contribution in [0.15, 0.2) is 42.5 Å². The van der Waals surface area contributed by atoms with E-state index in [1.807, 2.05) is 32.0 Å². The number of hydrogen-bond donors (Lipinski definition) is 0. The van der Waals surface area contributed by atoms with Crippen LogP contribution >= 0.6 is 23.2 Å². The Morgan fingerprint density at radius 3 is 2.37 bits per heavy atom. The fraction of sp³-hybridized carbons (Fsp3) is 0.348. The smallest absolute Gasteiger partial charge is 0.312 e. The Bertz CT molecular complexity index is 938. The Morgan fingerprint density at radius 1 is 1.13 bits per heavy atom. The number of amides is 1. The van der Waals surface area contributed by atoms with Crippen LogP contribution in [0.1, 0.15) is 34.3 Å². The van der Waals surface area contributed by atoms with Crippen molar-refractivity contribution < 1.29 is 19.1 Å². The standard InChI is InChI=1S/C23H23Cl2NO4/c1-14-4-3-5-15(2)21(14)26-13-17(12-20(26)27)23(29)30-19(10-11-24)22(28)16-6-8-18(25)9-7-16/h3-9,17,19H,10-13H2,1-2H3/t17-,19-/m1/s1. The lowest BCUT2D eigenvalue weighted by atomic mass is 10.0. The van der Waals surface area contributed by atoms with Gasteiger partial charge < -0.3 is 9.64 Å². The van der Waals surface area contributed by atoms with Crippen molar-refractivity contribution >= 4 is 46.5 Å². The van der Waals surface area contributed by atoms with Gasteiger partial charge in [0, 0.05) is 41.5 Å². The first-order valence-corrected chi connectivity index (χ1v) is 10.7. The number of carbonyl (C=O) groups is 3. The average Bonchev–Trinajstić information content (AvgIpc) is 3.09. The van der Waals surface area contributed by atoms with Gasteiger partial charge in [-0.15, -0.1) is 11.6 Å². The quantitative estimate of drug-likeness (QED) is 0.349. The van der Waals surface area contributed by atoms with Crippen molar-refractivity contribution in [1.29, 1.82) is 0 Å². The summed E-state index contributed by atoms with van der Waals surface area (Å²) in [7, 11) is 0. The van der Waals surface area contributed by atoms with Crippen LogP contribution in [-0.2, 0) is 14.3 Å². The average molecular weight is 448 g/mol. The van der Waals surface area contributed by atoms with Gasteiger partial charge in [0.25, 0.3) is 0 Å². The molecule has 0 aromatic heterocycles. The number of aryl methyl sites for hydroxylation is 2. The fourth-order valence-electron chi connectivity index (χ4n) is 3.69. The van der Waals surface area contributed by atoms with Crippen molar-refractivity contribution in [3.8, 4) is 0 Å². The molecule has 2 atom stereocenters. The second-order valence-electron chi connectivity index (χ2n) is 7.42. The van der Waals surface area contributed by atoms with Gasteiger partial charge in [-0.1, -0.05) is 29.8 Å². The fourth-order valence-corrected chi connectivity index (χ4v) is 4.02. The lowest BCUT2D eigenvalue weighted by molar-refractivity contribution is -0.151. The number of anilines is 1. The van der Waals surface area contributed by atoms with Crippen molar-refractivity contribution in [3.05, 3.63) is 64.2 Å². The van der Waals surface area contributed by atoms with Crippen LogP contribution in [0.4, 0.5) is 5.69 Å². The molecule has 1 aliphatic heterocycles. The molecule has 7 heteroatoms. The molecule has 2 aromatic carbocycles. The Labute approximate surface area is 185 Å². The molecule has 0 aliphatic carbocycles. The van der Waals surface area contributed by atoms with Gasteiger partial charge in [-0.3, -0.25) is 14.4 Å². The summed E-state index contributed by atoms with van der Waals surface area (Å²) in [5.74, 6) is -1.50. The lowest BCUT2D eigenvalue weighted by Crippen LogP contribution is -2.32. The van der Waals surface area contributed by atoms with Crippen molar-refractivity contribution in [3.63, 3.8) is 0 Å². The number of para-hydroxylation sites is 1. The summed E-state index contributed by atoms with van der Waals surface area (Å²) in [5.41, 5.74) is 3.15. The number of Topliss-reactive ketones (excluding diaryl/α,β-unsaturated/α-hetero) is 1. The van der Waals surface area contributed by atoms with E-state index in [-0.39, 0.29) is 37.0 Å². The van der Waals surface area contributed by atoms with Crippen LogP contribution < -0.4 is 4.90 Å². The first kappa shape index (κ1) is 22.3. The molecule has 0 spiro atoms. The minimum Gasteiger partial charge on any atom is -0.454 e. The minimum atomic E-state index is -1.000. The number of rotatable bonds is 7. The third-order valence-corrected chi connectivity index (χ3v) is 5.69. The van der Waals surface area contributed by atoms with E-state index in [1.165, 1.54) is 0 Å². The zero-order chi connectivity index (χ0) is 21.8. The highest BCUT2D eigenvalue weighted by Crippen LogP contribution is 2.31. The van der Waals surface area contributed by atoms with Gasteiger partial charge in [0.15, 0.2) is 6.10 Å². The highest BCUT2D eigenvalue weighted by atomic mass is 35.5. The van der Waals surface area contributed by atoms with Gasteiger partial charge >= 0.3 is 5.97 Å². The molecule has 0 radical (unpaired) electrons. The molecule has 1 heterocycles. The van der Waals surface area contributed by atoms with E-state index in [2.05, 4.69) is 0 Å². The van der Waals surface area contributed by atoms with Crippen LogP contribution in [0.3, 0.4) is 0 Å². The molecular formula is C23H23Cl2NO4. The summed E-state index contributed by atoms with van der Waals surface area (Å²) in [6.45, 7) is 4.09. The number of carbonyl (C=O) groups excluding carboxylic acids is 3. The Kier molecular flexibility index (Phi) is 7.16. The molecule has 0 bridgehead atoms. The summed E-state index contributed by atoms with van der Waals surface area (Å²) in [6, 6.07) is 12.2. The maximum atomic E-state index is 12.8. The monoisotopic (exact) mass is 447 g/mol. The predicted octanol–water partition coefficient (Wildman–Crippen LogP) is 4.73. The zero-order valence-electron chi connectivity index (χ0n) is 16.9. The molecule has 5 nitrogen and oxygen atoms in total. The van der Waals surface area contributed by atoms with Crippen molar-refractivity contribution in [2.24, 2.45) is 5.92 Å². The van der Waals surface area contributed by atoms with Gasteiger partial charge in [-0.05, 0) is 49.2 Å². The first-order chi connectivity index (χ1) is 14.3. The van der Waals surface area contributed by atoms with Crippen LogP contribution in [0.2, 0.25) is 5.02 Å². The van der Waals surface area contributed by atoms with Gasteiger partial charge in [-0.2, -0.15) is 0 Å². The van der Waals surface area contributed by atoms with E-state index >= 15 is 0 Å². The second-order valence-corrected chi connectivity index (χ2v) is 8.23. The van der Waals surface area contributed by atoms with Gasteiger partial charge in [0.2, 0.25) is 11.7 Å². The minimum absolute atomic E-state index is 0.0509. The molecule has 0 N–H and O–H groups in total. The van der Waals surface area contributed by atoms with E-state index in [4.69, 9.17) is 27.9 Å². The van der Waals surface area contributed by atoms with Gasteiger partial charge in [0.1, 0.15) is 0 Å². The van der Waals surface area contributed by atoms with Gasteiger partial charge in [-0.25, -0.2) is 0 Å².